The van der Waals surface area contributed by atoms with Crippen LogP contribution in [0.15, 0.2) is 47.4 Å². The van der Waals surface area contributed by atoms with E-state index in [-0.39, 0.29) is 5.43 Å². The second-order valence-corrected chi connectivity index (χ2v) is 4.49. The molecule has 0 saturated heterocycles. The number of ether oxygens (including phenoxy) is 1. The fourth-order valence-corrected chi connectivity index (χ4v) is 2.60. The van der Waals surface area contributed by atoms with Crippen LogP contribution in [0.1, 0.15) is 0 Å². The number of nitrogens with zero attached hydrogens (tertiary/aromatic N) is 2. The fourth-order valence-electron chi connectivity index (χ4n) is 2.60. The largest absolute Gasteiger partial charge is 0.497 e. The molecular formula is C15H10N2O2. The van der Waals surface area contributed by atoms with Gasteiger partial charge in [0, 0.05) is 10.8 Å². The molecule has 4 aromatic rings. The number of fused-ring (bicyclic) bond motifs is 2. The maximum Gasteiger partial charge on any atom is 0.210 e. The second-order valence-electron chi connectivity index (χ2n) is 4.49. The lowest BCUT2D eigenvalue weighted by Crippen LogP contribution is -2.07. The normalized spacial score (nSPS) is 11.6. The molecule has 0 aliphatic carbocycles. The molecule has 1 aromatic carbocycles. The molecule has 0 spiro atoms. The highest BCUT2D eigenvalue weighted by molar-refractivity contribution is 6.00. The smallest absolute Gasteiger partial charge is 0.210 e. The van der Waals surface area contributed by atoms with Crippen molar-refractivity contribution in [2.75, 3.05) is 7.11 Å². The summed E-state index contributed by atoms with van der Waals surface area (Å²) >= 11 is 0. The number of imidazole rings is 1. The molecule has 0 N–H and O–H groups in total. The number of rotatable bonds is 1. The molecule has 0 unspecified atom stereocenters. The second kappa shape index (κ2) is 3.45. The molecule has 0 aliphatic heterocycles. The minimum atomic E-state index is 0.0220. The summed E-state index contributed by atoms with van der Waals surface area (Å²) in [5.74, 6) is 0.737. The van der Waals surface area contributed by atoms with Crippen LogP contribution in [0.25, 0.3) is 27.5 Å². The summed E-state index contributed by atoms with van der Waals surface area (Å²) in [5.41, 5.74) is 2.39. The van der Waals surface area contributed by atoms with Gasteiger partial charge < -0.3 is 4.74 Å². The summed E-state index contributed by atoms with van der Waals surface area (Å²) in [6.07, 6.45) is 1.80. The van der Waals surface area contributed by atoms with E-state index in [9.17, 15) is 4.79 Å². The van der Waals surface area contributed by atoms with Gasteiger partial charge >= 0.3 is 0 Å². The first kappa shape index (κ1) is 10.3. The summed E-state index contributed by atoms with van der Waals surface area (Å²) in [7, 11) is 1.62. The Morgan fingerprint density at radius 2 is 2.00 bits per heavy atom. The summed E-state index contributed by atoms with van der Waals surface area (Å²) in [6.45, 7) is 0. The van der Waals surface area contributed by atoms with Gasteiger partial charge in [0.2, 0.25) is 5.43 Å². The van der Waals surface area contributed by atoms with E-state index in [1.807, 2.05) is 40.8 Å². The zero-order valence-electron chi connectivity index (χ0n) is 10.3. The fraction of sp³-hybridized carbons (Fsp3) is 0.0667. The zero-order valence-corrected chi connectivity index (χ0v) is 10.3. The molecule has 4 heteroatoms. The van der Waals surface area contributed by atoms with Crippen molar-refractivity contribution >= 4 is 27.5 Å². The molecule has 92 valence electrons. The number of benzene rings is 1. The van der Waals surface area contributed by atoms with Crippen molar-refractivity contribution < 1.29 is 4.74 Å². The minimum absolute atomic E-state index is 0.0220. The van der Waals surface area contributed by atoms with E-state index < -0.39 is 0 Å². The van der Waals surface area contributed by atoms with Crippen LogP contribution in [-0.4, -0.2) is 16.5 Å². The van der Waals surface area contributed by atoms with E-state index in [1.165, 1.54) is 0 Å². The molecule has 3 heterocycles. The van der Waals surface area contributed by atoms with E-state index in [1.54, 1.807) is 13.3 Å². The number of pyridine rings is 2. The lowest BCUT2D eigenvalue weighted by molar-refractivity contribution is 0.415. The van der Waals surface area contributed by atoms with Gasteiger partial charge in [0.15, 0.2) is 0 Å². The zero-order chi connectivity index (χ0) is 13.0. The summed E-state index contributed by atoms with van der Waals surface area (Å²) in [6, 6.07) is 11.1. The first-order valence-electron chi connectivity index (χ1n) is 5.99. The van der Waals surface area contributed by atoms with Crippen molar-refractivity contribution in [1.82, 2.24) is 9.38 Å². The molecule has 0 saturated carbocycles. The quantitative estimate of drug-likeness (QED) is 0.487. The average molecular weight is 250 g/mol. The molecule has 0 radical (unpaired) electrons. The van der Waals surface area contributed by atoms with E-state index >= 15 is 0 Å². The van der Waals surface area contributed by atoms with E-state index in [4.69, 9.17) is 4.74 Å². The van der Waals surface area contributed by atoms with E-state index in [0.717, 1.165) is 22.3 Å². The minimum Gasteiger partial charge on any atom is -0.497 e. The Morgan fingerprint density at radius 1 is 1.11 bits per heavy atom. The van der Waals surface area contributed by atoms with Crippen molar-refractivity contribution in [2.24, 2.45) is 0 Å². The van der Waals surface area contributed by atoms with Crippen LogP contribution in [0.2, 0.25) is 0 Å². The van der Waals surface area contributed by atoms with Gasteiger partial charge in [-0.25, -0.2) is 4.98 Å². The number of hydrogen-bond acceptors (Lipinski definition) is 3. The molecule has 4 rings (SSSR count). The van der Waals surface area contributed by atoms with Gasteiger partial charge in [-0.05, 0) is 30.3 Å². The molecule has 0 aliphatic rings. The predicted molar refractivity (Wildman–Crippen MR) is 74.2 cm³/mol. The summed E-state index contributed by atoms with van der Waals surface area (Å²) in [4.78, 5) is 16.9. The van der Waals surface area contributed by atoms with Crippen LogP contribution >= 0.6 is 0 Å². The topological polar surface area (TPSA) is 43.6 Å². The summed E-state index contributed by atoms with van der Waals surface area (Å²) < 4.78 is 7.13. The Balaban J connectivity index is 2.38. The van der Waals surface area contributed by atoms with Crippen molar-refractivity contribution in [3.63, 3.8) is 0 Å². The SMILES string of the molecule is COc1ccc2c(=O)c3cccc4ncc(c2c1)n43. The van der Waals surface area contributed by atoms with Crippen LogP contribution in [-0.2, 0) is 0 Å². The number of methoxy groups -OCH3 is 1. The Kier molecular flexibility index (Phi) is 1.87. The maximum atomic E-state index is 12.5. The molecule has 0 fully saturated rings. The monoisotopic (exact) mass is 250 g/mol. The molecule has 0 amide bonds. The van der Waals surface area contributed by atoms with Crippen molar-refractivity contribution in [2.45, 2.75) is 0 Å². The predicted octanol–water partition coefficient (Wildman–Crippen LogP) is 2.45. The lowest BCUT2D eigenvalue weighted by atomic mass is 10.1. The lowest BCUT2D eigenvalue weighted by Gasteiger charge is -2.06. The Morgan fingerprint density at radius 3 is 2.84 bits per heavy atom. The molecule has 3 aromatic heterocycles. The van der Waals surface area contributed by atoms with Gasteiger partial charge in [0.05, 0.1) is 24.3 Å². The molecule has 0 atom stereocenters. The van der Waals surface area contributed by atoms with Crippen molar-refractivity contribution in [3.05, 3.63) is 52.8 Å². The standard InChI is InChI=1S/C15H10N2O2/c1-19-9-5-6-10-11(7-9)13-8-16-14-4-2-3-12(15(10)18)17(13)14/h2-8H,1H3. The van der Waals surface area contributed by atoms with E-state index in [2.05, 4.69) is 4.98 Å². The van der Waals surface area contributed by atoms with Crippen LogP contribution in [0.3, 0.4) is 0 Å². The van der Waals surface area contributed by atoms with Gasteiger partial charge in [0.1, 0.15) is 11.4 Å². The maximum absolute atomic E-state index is 12.5. The highest BCUT2D eigenvalue weighted by Gasteiger charge is 2.12. The molecular weight excluding hydrogens is 240 g/mol. The van der Waals surface area contributed by atoms with Gasteiger partial charge in [-0.1, -0.05) is 6.07 Å². The Hall–Kier alpha value is -2.62. The molecule has 0 bridgehead atoms. The summed E-state index contributed by atoms with van der Waals surface area (Å²) in [5, 5.41) is 1.57. The Labute approximate surface area is 108 Å². The third kappa shape index (κ3) is 1.23. The number of hydrogen-bond donors (Lipinski definition) is 0. The molecule has 4 nitrogen and oxygen atoms in total. The van der Waals surface area contributed by atoms with Gasteiger partial charge in [-0.2, -0.15) is 0 Å². The highest BCUT2D eigenvalue weighted by Crippen LogP contribution is 2.25. The van der Waals surface area contributed by atoms with Gasteiger partial charge in [-0.15, -0.1) is 0 Å². The first-order valence-corrected chi connectivity index (χ1v) is 5.99. The van der Waals surface area contributed by atoms with Crippen LogP contribution in [0, 0.1) is 0 Å². The average Bonchev–Trinajstić information content (AvgIpc) is 2.89. The molecule has 19 heavy (non-hydrogen) atoms. The Bertz CT molecular complexity index is 972. The number of aromatic nitrogens is 2. The van der Waals surface area contributed by atoms with Crippen LogP contribution in [0.4, 0.5) is 0 Å². The van der Waals surface area contributed by atoms with Crippen LogP contribution in [0.5, 0.6) is 5.75 Å². The van der Waals surface area contributed by atoms with Gasteiger partial charge in [0.25, 0.3) is 0 Å². The third-order valence-corrected chi connectivity index (χ3v) is 3.51. The third-order valence-electron chi connectivity index (χ3n) is 3.51. The van der Waals surface area contributed by atoms with Crippen molar-refractivity contribution in [1.29, 1.82) is 0 Å². The van der Waals surface area contributed by atoms with Crippen molar-refractivity contribution in [3.8, 4) is 5.75 Å². The first-order chi connectivity index (χ1) is 9.29. The van der Waals surface area contributed by atoms with Crippen LogP contribution < -0.4 is 10.2 Å². The van der Waals surface area contributed by atoms with Gasteiger partial charge in [-0.3, -0.25) is 9.20 Å². The van der Waals surface area contributed by atoms with E-state index in [0.29, 0.717) is 10.9 Å². The highest BCUT2D eigenvalue weighted by atomic mass is 16.5.